The average molecular weight is 348 g/mol. The maximum absolute atomic E-state index is 14.3. The third kappa shape index (κ3) is 4.50. The van der Waals surface area contributed by atoms with Crippen molar-refractivity contribution in [1.82, 2.24) is 0 Å². The molecule has 3 heteroatoms. The van der Waals surface area contributed by atoms with Crippen LogP contribution < -0.4 is 0 Å². The van der Waals surface area contributed by atoms with Crippen LogP contribution in [0.3, 0.4) is 0 Å². The molecule has 0 atom stereocenters. The Labute approximate surface area is 150 Å². The maximum atomic E-state index is 14.3. The zero-order valence-corrected chi connectivity index (χ0v) is 15.8. The Morgan fingerprint density at radius 3 is 2.08 bits per heavy atom. The van der Waals surface area contributed by atoms with Gasteiger partial charge in [-0.3, -0.25) is 0 Å². The van der Waals surface area contributed by atoms with E-state index in [9.17, 15) is 13.9 Å². The molecule has 0 unspecified atom stereocenters. The molecular weight excluding hydrogens is 318 g/mol. The van der Waals surface area contributed by atoms with E-state index in [1.807, 2.05) is 24.3 Å². The van der Waals surface area contributed by atoms with Crippen molar-refractivity contribution >= 4 is 5.57 Å². The Hall–Kier alpha value is -1.64. The van der Waals surface area contributed by atoms with Gasteiger partial charge in [0.15, 0.2) is 11.7 Å². The van der Waals surface area contributed by atoms with E-state index in [-0.39, 0.29) is 0 Å². The molecule has 138 valence electrons. The number of rotatable bonds is 5. The molecule has 1 nitrogen and oxygen atoms in total. The van der Waals surface area contributed by atoms with Crippen molar-refractivity contribution in [1.29, 1.82) is 0 Å². The molecule has 1 fully saturated rings. The summed E-state index contributed by atoms with van der Waals surface area (Å²) in [5, 5.41) is 9.19. The second kappa shape index (κ2) is 8.16. The third-order valence-corrected chi connectivity index (χ3v) is 5.91. The fourth-order valence-corrected chi connectivity index (χ4v) is 3.74. The normalized spacial score (nSPS) is 26.1. The number of allylic oxidation sites excluding steroid dienone is 4. The molecular formula is C22H30F2O. The van der Waals surface area contributed by atoms with Crippen molar-refractivity contribution in [3.63, 3.8) is 0 Å². The van der Waals surface area contributed by atoms with Crippen molar-refractivity contribution in [2.75, 3.05) is 0 Å². The number of hydrogen-bond donors (Lipinski definition) is 1. The van der Waals surface area contributed by atoms with Crippen LogP contribution >= 0.6 is 0 Å². The summed E-state index contributed by atoms with van der Waals surface area (Å²) in [4.78, 5) is 0. The van der Waals surface area contributed by atoms with Gasteiger partial charge in [0.1, 0.15) is 5.76 Å². The Bertz CT molecular complexity index is 643. The molecule has 1 aromatic carbocycles. The molecule has 1 aliphatic rings. The van der Waals surface area contributed by atoms with Crippen LogP contribution in [0, 0.1) is 5.41 Å². The number of benzene rings is 1. The lowest BCUT2D eigenvalue weighted by Crippen LogP contribution is -2.22. The molecule has 2 rings (SSSR count). The molecule has 1 aromatic rings. The topological polar surface area (TPSA) is 20.2 Å². The summed E-state index contributed by atoms with van der Waals surface area (Å²) < 4.78 is 28.0. The van der Waals surface area contributed by atoms with Gasteiger partial charge >= 0.3 is 0 Å². The predicted molar refractivity (Wildman–Crippen MR) is 101 cm³/mol. The van der Waals surface area contributed by atoms with Crippen LogP contribution in [-0.4, -0.2) is 5.11 Å². The second-order valence-corrected chi connectivity index (χ2v) is 7.61. The molecule has 1 saturated carbocycles. The number of hydrogen-bond acceptors (Lipinski definition) is 1. The zero-order chi connectivity index (χ0) is 18.6. The zero-order valence-electron chi connectivity index (χ0n) is 15.8. The fraction of sp³-hybridized carbons (Fsp3) is 0.545. The van der Waals surface area contributed by atoms with Gasteiger partial charge in [-0.1, -0.05) is 51.5 Å². The molecule has 1 N–H and O–H groups in total. The lowest BCUT2D eigenvalue weighted by molar-refractivity contribution is 0.191. The van der Waals surface area contributed by atoms with Gasteiger partial charge in [-0.05, 0) is 67.1 Å². The van der Waals surface area contributed by atoms with Crippen molar-refractivity contribution < 1.29 is 13.9 Å². The molecule has 0 bridgehead atoms. The van der Waals surface area contributed by atoms with Crippen molar-refractivity contribution in [2.24, 2.45) is 5.41 Å². The summed E-state index contributed by atoms with van der Waals surface area (Å²) in [6, 6.07) is 7.85. The first-order valence-electron chi connectivity index (χ1n) is 9.36. The van der Waals surface area contributed by atoms with Gasteiger partial charge in [0.25, 0.3) is 0 Å². The van der Waals surface area contributed by atoms with Crippen molar-refractivity contribution in [2.45, 2.75) is 72.1 Å². The van der Waals surface area contributed by atoms with E-state index in [0.29, 0.717) is 28.9 Å². The highest BCUT2D eigenvalue weighted by molar-refractivity contribution is 5.70. The quantitative estimate of drug-likeness (QED) is 0.429. The van der Waals surface area contributed by atoms with E-state index in [1.54, 1.807) is 6.92 Å². The number of halogens is 2. The monoisotopic (exact) mass is 348 g/mol. The Morgan fingerprint density at radius 1 is 1.08 bits per heavy atom. The van der Waals surface area contributed by atoms with Crippen LogP contribution in [0.4, 0.5) is 8.78 Å². The number of aliphatic hydroxyl groups excluding tert-OH is 1. The summed E-state index contributed by atoms with van der Waals surface area (Å²) in [5.74, 6) is -2.20. The van der Waals surface area contributed by atoms with E-state index >= 15 is 0 Å². The SMILES string of the molecule is CC/C(=C(F)\C(F)=C(/C)O)c1ccc(C2CCC(C)(CC)CC2)cc1. The van der Waals surface area contributed by atoms with Crippen molar-refractivity contribution in [3.05, 3.63) is 52.8 Å². The fourth-order valence-electron chi connectivity index (χ4n) is 3.74. The Kier molecular flexibility index (Phi) is 6.42. The van der Waals surface area contributed by atoms with Gasteiger partial charge in [-0.15, -0.1) is 0 Å². The van der Waals surface area contributed by atoms with Crippen LogP contribution in [0.5, 0.6) is 0 Å². The lowest BCUT2D eigenvalue weighted by atomic mass is 9.69. The van der Waals surface area contributed by atoms with E-state index < -0.39 is 17.4 Å². The first-order valence-corrected chi connectivity index (χ1v) is 9.36. The van der Waals surface area contributed by atoms with Gasteiger partial charge < -0.3 is 5.11 Å². The minimum Gasteiger partial charge on any atom is -0.509 e. The summed E-state index contributed by atoms with van der Waals surface area (Å²) in [6.45, 7) is 7.58. The van der Waals surface area contributed by atoms with E-state index in [1.165, 1.54) is 37.7 Å². The van der Waals surface area contributed by atoms with E-state index in [4.69, 9.17) is 0 Å². The molecule has 0 amide bonds. The average Bonchev–Trinajstić information content (AvgIpc) is 2.63. The highest BCUT2D eigenvalue weighted by Gasteiger charge is 2.30. The number of aliphatic hydroxyl groups is 1. The van der Waals surface area contributed by atoms with E-state index in [0.717, 1.165) is 6.92 Å². The van der Waals surface area contributed by atoms with Crippen LogP contribution in [0.25, 0.3) is 5.57 Å². The Morgan fingerprint density at radius 2 is 1.64 bits per heavy atom. The smallest absolute Gasteiger partial charge is 0.196 e. The minimum atomic E-state index is -1.17. The summed E-state index contributed by atoms with van der Waals surface area (Å²) in [6.07, 6.45) is 6.47. The van der Waals surface area contributed by atoms with Crippen LogP contribution in [0.2, 0.25) is 0 Å². The highest BCUT2D eigenvalue weighted by Crippen LogP contribution is 2.44. The van der Waals surface area contributed by atoms with Crippen LogP contribution in [0.15, 0.2) is 41.7 Å². The third-order valence-electron chi connectivity index (χ3n) is 5.91. The minimum absolute atomic E-state index is 0.291. The van der Waals surface area contributed by atoms with Gasteiger partial charge in [-0.25, -0.2) is 8.78 Å². The van der Waals surface area contributed by atoms with Crippen LogP contribution in [0.1, 0.15) is 83.3 Å². The van der Waals surface area contributed by atoms with Gasteiger partial charge in [0, 0.05) is 0 Å². The van der Waals surface area contributed by atoms with Gasteiger partial charge in [0.2, 0.25) is 0 Å². The summed E-state index contributed by atoms with van der Waals surface area (Å²) in [7, 11) is 0. The molecule has 0 aromatic heterocycles. The molecule has 1 aliphatic carbocycles. The summed E-state index contributed by atoms with van der Waals surface area (Å²) >= 11 is 0. The maximum Gasteiger partial charge on any atom is 0.196 e. The van der Waals surface area contributed by atoms with Crippen LogP contribution in [-0.2, 0) is 0 Å². The summed E-state index contributed by atoms with van der Waals surface area (Å²) in [5.41, 5.74) is 2.73. The predicted octanol–water partition coefficient (Wildman–Crippen LogP) is 7.61. The molecule has 0 saturated heterocycles. The standard InChI is InChI=1S/C22H30F2O/c1-5-19(21(24)20(23)15(3)25)18-9-7-16(8-10-18)17-11-13-22(4,6-2)14-12-17/h7-10,17,25H,5-6,11-14H2,1-4H3/b20-15-,21-19-. The lowest BCUT2D eigenvalue weighted by Gasteiger charge is -2.37. The largest absolute Gasteiger partial charge is 0.509 e. The van der Waals surface area contributed by atoms with Gasteiger partial charge in [-0.2, -0.15) is 0 Å². The molecule has 0 aliphatic heterocycles. The molecule has 0 spiro atoms. The molecule has 0 radical (unpaired) electrons. The molecule has 0 heterocycles. The highest BCUT2D eigenvalue weighted by atomic mass is 19.2. The first kappa shape index (κ1) is 19.7. The van der Waals surface area contributed by atoms with Crippen molar-refractivity contribution in [3.8, 4) is 0 Å². The van der Waals surface area contributed by atoms with Gasteiger partial charge in [0.05, 0.1) is 0 Å². The first-order chi connectivity index (χ1) is 11.8. The Balaban J connectivity index is 2.20. The van der Waals surface area contributed by atoms with E-state index in [2.05, 4.69) is 13.8 Å². The molecule has 25 heavy (non-hydrogen) atoms. The second-order valence-electron chi connectivity index (χ2n) is 7.61.